The molecule has 4 heteroatoms. The molecule has 0 spiro atoms. The van der Waals surface area contributed by atoms with E-state index in [-0.39, 0.29) is 6.42 Å². The molecule has 1 aliphatic carbocycles. The summed E-state index contributed by atoms with van der Waals surface area (Å²) in [5.41, 5.74) is -1.82. The van der Waals surface area contributed by atoms with Gasteiger partial charge in [0.25, 0.3) is 0 Å². The normalized spacial score (nSPS) is 23.8. The van der Waals surface area contributed by atoms with Crippen molar-refractivity contribution in [3.8, 4) is 0 Å². The van der Waals surface area contributed by atoms with Crippen LogP contribution in [0.4, 0.5) is 0 Å². The van der Waals surface area contributed by atoms with Gasteiger partial charge in [-0.2, -0.15) is 0 Å². The molecule has 0 amide bonds. The van der Waals surface area contributed by atoms with Gasteiger partial charge in [-0.3, -0.25) is 4.79 Å². The highest BCUT2D eigenvalue weighted by Gasteiger charge is 2.46. The Kier molecular flexibility index (Phi) is 15.9. The Balaban J connectivity index is 1.87. The number of hydrogen-bond acceptors (Lipinski definition) is 4. The Bertz CT molecular complexity index is 513. The van der Waals surface area contributed by atoms with Crippen LogP contribution in [-0.2, 0) is 4.79 Å². The third kappa shape index (κ3) is 12.0. The molecule has 4 nitrogen and oxygen atoms in total. The van der Waals surface area contributed by atoms with Crippen LogP contribution in [-0.4, -0.2) is 38.9 Å². The molecule has 0 radical (unpaired) electrons. The number of aliphatic hydroxyl groups is 3. The average Bonchev–Trinajstić information content (AvgIpc) is 2.77. The number of ketones is 1. The van der Waals surface area contributed by atoms with E-state index < -0.39 is 23.6 Å². The van der Waals surface area contributed by atoms with Crippen molar-refractivity contribution in [2.75, 3.05) is 0 Å². The lowest BCUT2D eigenvalue weighted by molar-refractivity contribution is -0.158. The fourth-order valence-electron chi connectivity index (χ4n) is 4.31. The number of carbonyl (C=O) groups excluding carboxylic acids is 1. The maximum Gasteiger partial charge on any atom is 0.189 e. The third-order valence-corrected chi connectivity index (χ3v) is 6.50. The molecule has 1 rings (SSSR count). The molecule has 0 unspecified atom stereocenters. The summed E-state index contributed by atoms with van der Waals surface area (Å²) in [6.07, 6.45) is 25.8. The Morgan fingerprint density at radius 1 is 0.774 bits per heavy atom. The summed E-state index contributed by atoms with van der Waals surface area (Å²) in [6, 6.07) is 0. The number of rotatable bonds is 19. The first-order chi connectivity index (χ1) is 15.0. The summed E-state index contributed by atoms with van der Waals surface area (Å²) in [5, 5.41) is 30.0. The Hall–Kier alpha value is -0.970. The highest BCUT2D eigenvalue weighted by Crippen LogP contribution is 2.27. The van der Waals surface area contributed by atoms with Crippen LogP contribution in [0.1, 0.15) is 122 Å². The molecular formula is C27H48O4. The van der Waals surface area contributed by atoms with Gasteiger partial charge in [-0.1, -0.05) is 103 Å². The van der Waals surface area contributed by atoms with E-state index >= 15 is 0 Å². The van der Waals surface area contributed by atoms with Gasteiger partial charge in [0.2, 0.25) is 0 Å². The largest absolute Gasteiger partial charge is 0.387 e. The molecule has 3 N–H and O–H groups in total. The third-order valence-electron chi connectivity index (χ3n) is 6.50. The Labute approximate surface area is 190 Å². The molecule has 0 aromatic rings. The molecule has 180 valence electrons. The van der Waals surface area contributed by atoms with Gasteiger partial charge in [0.15, 0.2) is 11.4 Å². The van der Waals surface area contributed by atoms with Crippen LogP contribution in [0.15, 0.2) is 24.3 Å². The van der Waals surface area contributed by atoms with Crippen LogP contribution in [0, 0.1) is 0 Å². The second-order valence-corrected chi connectivity index (χ2v) is 9.33. The van der Waals surface area contributed by atoms with Crippen molar-refractivity contribution in [1.82, 2.24) is 0 Å². The SMILES string of the molecule is CCCCCCCCC=CCCCCCCCCCCC[C@]1(O)C(=O)C=C[C@H](O)[C@H]1O. The van der Waals surface area contributed by atoms with E-state index in [1.807, 2.05) is 0 Å². The first kappa shape index (κ1) is 28.1. The van der Waals surface area contributed by atoms with E-state index in [1.54, 1.807) is 0 Å². The van der Waals surface area contributed by atoms with Crippen LogP contribution in [0.3, 0.4) is 0 Å². The van der Waals surface area contributed by atoms with Crippen molar-refractivity contribution in [3.63, 3.8) is 0 Å². The van der Waals surface area contributed by atoms with Crippen LogP contribution in [0.5, 0.6) is 0 Å². The minimum atomic E-state index is -1.82. The Morgan fingerprint density at radius 3 is 1.74 bits per heavy atom. The highest BCUT2D eigenvalue weighted by molar-refractivity contribution is 5.98. The first-order valence-electron chi connectivity index (χ1n) is 13.0. The van der Waals surface area contributed by atoms with E-state index in [9.17, 15) is 20.1 Å². The smallest absolute Gasteiger partial charge is 0.189 e. The van der Waals surface area contributed by atoms with Gasteiger partial charge in [0.05, 0.1) is 0 Å². The molecule has 1 aliphatic rings. The number of aliphatic hydroxyl groups excluding tert-OH is 2. The Morgan fingerprint density at radius 2 is 1.23 bits per heavy atom. The van der Waals surface area contributed by atoms with Crippen molar-refractivity contribution in [3.05, 3.63) is 24.3 Å². The summed E-state index contributed by atoms with van der Waals surface area (Å²) in [7, 11) is 0. The fourth-order valence-corrected chi connectivity index (χ4v) is 4.31. The van der Waals surface area contributed by atoms with Gasteiger partial charge in [0.1, 0.15) is 12.2 Å². The topological polar surface area (TPSA) is 77.8 Å². The first-order valence-corrected chi connectivity index (χ1v) is 13.0. The molecule has 0 fully saturated rings. The minimum Gasteiger partial charge on any atom is -0.387 e. The summed E-state index contributed by atoms with van der Waals surface area (Å²) in [4.78, 5) is 11.9. The molecule has 0 saturated heterocycles. The molecule has 0 aromatic carbocycles. The predicted octanol–water partition coefficient (Wildman–Crippen LogP) is 6.18. The maximum atomic E-state index is 11.9. The zero-order valence-electron chi connectivity index (χ0n) is 19.9. The van der Waals surface area contributed by atoms with Gasteiger partial charge in [0, 0.05) is 0 Å². The molecule has 0 aromatic heterocycles. The predicted molar refractivity (Wildman–Crippen MR) is 129 cm³/mol. The highest BCUT2D eigenvalue weighted by atomic mass is 16.4. The molecule has 0 saturated carbocycles. The van der Waals surface area contributed by atoms with E-state index in [0.29, 0.717) is 6.42 Å². The van der Waals surface area contributed by atoms with Gasteiger partial charge < -0.3 is 15.3 Å². The van der Waals surface area contributed by atoms with Crippen molar-refractivity contribution < 1.29 is 20.1 Å². The van der Waals surface area contributed by atoms with Crippen molar-refractivity contribution in [2.45, 2.75) is 140 Å². The molecule has 0 heterocycles. The molecular weight excluding hydrogens is 388 g/mol. The van der Waals surface area contributed by atoms with Crippen molar-refractivity contribution in [1.29, 1.82) is 0 Å². The second kappa shape index (κ2) is 17.6. The van der Waals surface area contributed by atoms with Gasteiger partial charge >= 0.3 is 0 Å². The number of allylic oxidation sites excluding steroid dienone is 2. The van der Waals surface area contributed by atoms with Gasteiger partial charge in [-0.25, -0.2) is 0 Å². The van der Waals surface area contributed by atoms with Crippen LogP contribution in [0.2, 0.25) is 0 Å². The molecule has 0 bridgehead atoms. The zero-order chi connectivity index (χ0) is 22.8. The van der Waals surface area contributed by atoms with Crippen LogP contribution < -0.4 is 0 Å². The lowest BCUT2D eigenvalue weighted by Gasteiger charge is -2.35. The van der Waals surface area contributed by atoms with E-state index in [0.717, 1.165) is 12.8 Å². The quantitative estimate of drug-likeness (QED) is 0.167. The standard InChI is InChI=1S/C27H48O4/c1-2-3-4-5-6-7-8-9-10-11-12-13-14-15-16-17-18-19-20-23-27(31)25(29)22-21-24(28)26(27)30/h9-10,21-22,24,26,28,30-31H,2-8,11-20,23H2,1H3/t24-,26+,27-/m0/s1. The summed E-state index contributed by atoms with van der Waals surface area (Å²) in [5.74, 6) is -0.498. The summed E-state index contributed by atoms with van der Waals surface area (Å²) >= 11 is 0. The monoisotopic (exact) mass is 436 g/mol. The maximum absolute atomic E-state index is 11.9. The minimum absolute atomic E-state index is 0.209. The molecule has 3 atom stereocenters. The van der Waals surface area contributed by atoms with Gasteiger partial charge in [-0.05, 0) is 44.3 Å². The summed E-state index contributed by atoms with van der Waals surface area (Å²) < 4.78 is 0. The van der Waals surface area contributed by atoms with Crippen molar-refractivity contribution >= 4 is 5.78 Å². The van der Waals surface area contributed by atoms with Crippen molar-refractivity contribution in [2.24, 2.45) is 0 Å². The van der Waals surface area contributed by atoms with E-state index in [4.69, 9.17) is 0 Å². The number of hydrogen-bond donors (Lipinski definition) is 3. The van der Waals surface area contributed by atoms with E-state index in [1.165, 1.54) is 102 Å². The van der Waals surface area contributed by atoms with Crippen LogP contribution in [0.25, 0.3) is 0 Å². The second-order valence-electron chi connectivity index (χ2n) is 9.33. The van der Waals surface area contributed by atoms with E-state index in [2.05, 4.69) is 19.1 Å². The zero-order valence-corrected chi connectivity index (χ0v) is 19.9. The number of carbonyl (C=O) groups is 1. The summed E-state index contributed by atoms with van der Waals surface area (Å²) in [6.45, 7) is 2.26. The molecule has 31 heavy (non-hydrogen) atoms. The average molecular weight is 437 g/mol. The lowest BCUT2D eigenvalue weighted by Crippen LogP contribution is -2.56. The van der Waals surface area contributed by atoms with Crippen LogP contribution >= 0.6 is 0 Å². The lowest BCUT2D eigenvalue weighted by atomic mass is 9.80. The fraction of sp³-hybridized carbons (Fsp3) is 0.815. The molecule has 0 aliphatic heterocycles. The number of unbranched alkanes of at least 4 members (excludes halogenated alkanes) is 15. The van der Waals surface area contributed by atoms with Gasteiger partial charge in [-0.15, -0.1) is 0 Å².